The van der Waals surface area contributed by atoms with Crippen LogP contribution in [0, 0.1) is 6.92 Å². The van der Waals surface area contributed by atoms with Gasteiger partial charge in [0.2, 0.25) is 5.95 Å². The van der Waals surface area contributed by atoms with Gasteiger partial charge < -0.3 is 14.6 Å². The summed E-state index contributed by atoms with van der Waals surface area (Å²) in [6.07, 6.45) is 3.35. The summed E-state index contributed by atoms with van der Waals surface area (Å²) in [7, 11) is 0. The Morgan fingerprint density at radius 2 is 1.84 bits per heavy atom. The lowest BCUT2D eigenvalue weighted by molar-refractivity contribution is 0.0923. The normalized spacial score (nSPS) is 11.5. The number of carbonyl (C=O) groups is 2. The van der Waals surface area contributed by atoms with Crippen molar-refractivity contribution in [2.75, 3.05) is 25.1 Å². The molecule has 0 aliphatic carbocycles. The van der Waals surface area contributed by atoms with Crippen LogP contribution in [0.3, 0.4) is 0 Å². The number of nitrogens with zero attached hydrogens (tertiary/aromatic N) is 3. The van der Waals surface area contributed by atoms with Crippen LogP contribution in [0.5, 0.6) is 0 Å². The van der Waals surface area contributed by atoms with Crippen molar-refractivity contribution in [1.29, 1.82) is 0 Å². The van der Waals surface area contributed by atoms with E-state index < -0.39 is 0 Å². The van der Waals surface area contributed by atoms with Crippen LogP contribution >= 0.6 is 0 Å². The quantitative estimate of drug-likeness (QED) is 0.567. The average Bonchev–Trinajstić information content (AvgIpc) is 3.11. The van der Waals surface area contributed by atoms with Crippen molar-refractivity contribution in [2.24, 2.45) is 0 Å². The number of nitrogens with one attached hydrogen (secondary N) is 2. The molecule has 8 heteroatoms. The van der Waals surface area contributed by atoms with Crippen LogP contribution < -0.4 is 10.6 Å². The van der Waals surface area contributed by atoms with E-state index in [0.29, 0.717) is 41.9 Å². The molecule has 31 heavy (non-hydrogen) atoms. The van der Waals surface area contributed by atoms with Gasteiger partial charge in [-0.2, -0.15) is 4.98 Å². The van der Waals surface area contributed by atoms with Gasteiger partial charge in [0.25, 0.3) is 11.8 Å². The van der Waals surface area contributed by atoms with Crippen LogP contribution in [-0.2, 0) is 10.3 Å². The molecule has 164 valence electrons. The lowest BCUT2D eigenvalue weighted by Gasteiger charge is -2.22. The number of anilines is 1. The first-order valence-corrected chi connectivity index (χ1v) is 10.3. The number of fused-ring (bicyclic) bond motifs is 1. The maximum Gasteiger partial charge on any atom is 0.258 e. The second kappa shape index (κ2) is 9.26. The highest BCUT2D eigenvalue weighted by Crippen LogP contribution is 2.27. The second-order valence-electron chi connectivity index (χ2n) is 8.29. The van der Waals surface area contributed by atoms with Crippen LogP contribution in [0.15, 0.2) is 36.7 Å². The minimum Gasteiger partial charge on any atom is -0.380 e. The molecule has 0 spiro atoms. The van der Waals surface area contributed by atoms with Crippen molar-refractivity contribution >= 4 is 28.8 Å². The zero-order valence-corrected chi connectivity index (χ0v) is 18.7. The Morgan fingerprint density at radius 1 is 1.13 bits per heavy atom. The van der Waals surface area contributed by atoms with E-state index in [9.17, 15) is 9.59 Å². The average molecular weight is 424 g/mol. The van der Waals surface area contributed by atoms with Crippen LogP contribution in [0.4, 0.5) is 5.95 Å². The molecule has 0 aliphatic rings. The molecule has 0 unspecified atom stereocenters. The largest absolute Gasteiger partial charge is 0.380 e. The first kappa shape index (κ1) is 22.4. The number of hydrogen-bond acceptors (Lipinski definition) is 5. The molecule has 3 rings (SSSR count). The van der Waals surface area contributed by atoms with E-state index in [-0.39, 0.29) is 23.3 Å². The minimum atomic E-state index is -0.325. The van der Waals surface area contributed by atoms with Crippen LogP contribution in [0.2, 0.25) is 0 Å². The summed E-state index contributed by atoms with van der Waals surface area (Å²) in [6.45, 7) is 11.4. The van der Waals surface area contributed by atoms with Crippen molar-refractivity contribution in [3.05, 3.63) is 53.3 Å². The Morgan fingerprint density at radius 3 is 2.48 bits per heavy atom. The van der Waals surface area contributed by atoms with Gasteiger partial charge in [0.1, 0.15) is 5.65 Å². The fourth-order valence-corrected chi connectivity index (χ4v) is 3.11. The SMILES string of the molecule is CCOCCNC(=O)c1cn(C(C)(C)C)c2nc(NC(=O)c3ccc(C)cc3)ncc12. The molecule has 2 N–H and O–H groups in total. The Labute approximate surface area is 182 Å². The first-order chi connectivity index (χ1) is 14.7. The second-order valence-corrected chi connectivity index (χ2v) is 8.29. The van der Waals surface area contributed by atoms with Gasteiger partial charge in [0, 0.05) is 36.6 Å². The Bertz CT molecular complexity index is 1080. The predicted octanol–water partition coefficient (Wildman–Crippen LogP) is 3.51. The Balaban J connectivity index is 1.90. The van der Waals surface area contributed by atoms with E-state index in [0.717, 1.165) is 5.56 Å². The van der Waals surface area contributed by atoms with Gasteiger partial charge in [-0.1, -0.05) is 17.7 Å². The van der Waals surface area contributed by atoms with Gasteiger partial charge in [-0.05, 0) is 46.8 Å². The summed E-state index contributed by atoms with van der Waals surface area (Å²) < 4.78 is 7.20. The third-order valence-corrected chi connectivity index (χ3v) is 4.79. The van der Waals surface area contributed by atoms with Gasteiger partial charge in [0.05, 0.1) is 17.6 Å². The van der Waals surface area contributed by atoms with Gasteiger partial charge in [0.15, 0.2) is 0 Å². The number of hydrogen-bond donors (Lipinski definition) is 2. The van der Waals surface area contributed by atoms with Gasteiger partial charge in [-0.25, -0.2) is 4.98 Å². The van der Waals surface area contributed by atoms with Crippen molar-refractivity contribution in [2.45, 2.75) is 40.2 Å². The molecule has 1 aromatic carbocycles. The Kier molecular flexibility index (Phi) is 6.70. The molecule has 0 saturated heterocycles. The molecular formula is C23H29N5O3. The first-order valence-electron chi connectivity index (χ1n) is 10.3. The lowest BCUT2D eigenvalue weighted by atomic mass is 10.1. The summed E-state index contributed by atoms with van der Waals surface area (Å²) in [4.78, 5) is 34.1. The third kappa shape index (κ3) is 5.27. The fourth-order valence-electron chi connectivity index (χ4n) is 3.11. The maximum absolute atomic E-state index is 12.7. The highest BCUT2D eigenvalue weighted by atomic mass is 16.5. The zero-order chi connectivity index (χ0) is 22.6. The smallest absolute Gasteiger partial charge is 0.258 e. The van der Waals surface area contributed by atoms with E-state index in [1.54, 1.807) is 24.5 Å². The van der Waals surface area contributed by atoms with Crippen LogP contribution in [0.25, 0.3) is 11.0 Å². The molecule has 0 radical (unpaired) electrons. The van der Waals surface area contributed by atoms with E-state index in [1.165, 1.54) is 0 Å². The van der Waals surface area contributed by atoms with Crippen molar-refractivity contribution in [1.82, 2.24) is 19.9 Å². The molecule has 0 atom stereocenters. The predicted molar refractivity (Wildman–Crippen MR) is 120 cm³/mol. The van der Waals surface area contributed by atoms with Gasteiger partial charge in [-0.3, -0.25) is 14.9 Å². The molecule has 2 heterocycles. The summed E-state index contributed by atoms with van der Waals surface area (Å²) >= 11 is 0. The van der Waals surface area contributed by atoms with E-state index in [1.807, 2.05) is 51.3 Å². The molecular weight excluding hydrogens is 394 g/mol. The molecule has 8 nitrogen and oxygen atoms in total. The fraction of sp³-hybridized carbons (Fsp3) is 0.391. The topological polar surface area (TPSA) is 98.1 Å². The van der Waals surface area contributed by atoms with Gasteiger partial charge >= 0.3 is 0 Å². The van der Waals surface area contributed by atoms with E-state index in [2.05, 4.69) is 20.6 Å². The molecule has 2 amide bonds. The molecule has 0 fully saturated rings. The molecule has 0 bridgehead atoms. The monoisotopic (exact) mass is 423 g/mol. The summed E-state index contributed by atoms with van der Waals surface area (Å²) in [5, 5.41) is 6.23. The number of benzene rings is 1. The number of carbonyl (C=O) groups excluding carboxylic acids is 2. The molecule has 0 saturated carbocycles. The van der Waals surface area contributed by atoms with Crippen LogP contribution in [-0.4, -0.2) is 46.1 Å². The van der Waals surface area contributed by atoms with E-state index >= 15 is 0 Å². The maximum atomic E-state index is 12.7. The van der Waals surface area contributed by atoms with Crippen molar-refractivity contribution in [3.63, 3.8) is 0 Å². The van der Waals surface area contributed by atoms with Crippen molar-refractivity contribution < 1.29 is 14.3 Å². The van der Waals surface area contributed by atoms with Crippen LogP contribution in [0.1, 0.15) is 54.0 Å². The summed E-state index contributed by atoms with van der Waals surface area (Å²) in [6, 6.07) is 7.26. The Hall–Kier alpha value is -3.26. The number of ether oxygens (including phenoxy) is 1. The lowest BCUT2D eigenvalue weighted by Crippen LogP contribution is -2.27. The number of aryl methyl sites for hydroxylation is 1. The van der Waals surface area contributed by atoms with Gasteiger partial charge in [-0.15, -0.1) is 0 Å². The minimum absolute atomic E-state index is 0.185. The zero-order valence-electron chi connectivity index (χ0n) is 18.7. The number of rotatable bonds is 7. The van der Waals surface area contributed by atoms with E-state index in [4.69, 9.17) is 4.74 Å². The number of amides is 2. The highest BCUT2D eigenvalue weighted by molar-refractivity contribution is 6.07. The summed E-state index contributed by atoms with van der Waals surface area (Å²) in [5.41, 5.74) is 2.34. The standard InChI is InChI=1S/C23H29N5O3/c1-6-31-12-11-24-21(30)18-14-28(23(3,4)5)19-17(18)13-25-22(26-19)27-20(29)16-9-7-15(2)8-10-16/h7-10,13-14H,6,11-12H2,1-5H3,(H,24,30)(H,25,26,27,29). The third-order valence-electron chi connectivity index (χ3n) is 4.79. The molecule has 2 aromatic heterocycles. The van der Waals surface area contributed by atoms with Crippen molar-refractivity contribution in [3.8, 4) is 0 Å². The summed E-state index contributed by atoms with van der Waals surface area (Å²) in [5.74, 6) is -0.320. The molecule has 3 aromatic rings. The molecule has 0 aliphatic heterocycles. The number of aromatic nitrogens is 3. The highest BCUT2D eigenvalue weighted by Gasteiger charge is 2.23.